The van der Waals surface area contributed by atoms with Crippen LogP contribution in [0.1, 0.15) is 39.5 Å². The van der Waals surface area contributed by atoms with Crippen molar-refractivity contribution in [3.8, 4) is 0 Å². The van der Waals surface area contributed by atoms with Gasteiger partial charge in [-0.3, -0.25) is 9.59 Å². The average Bonchev–Trinajstić information content (AvgIpc) is 2.29. The van der Waals surface area contributed by atoms with Gasteiger partial charge in [-0.05, 0) is 44.1 Å². The smallest absolute Gasteiger partial charge is 0.305 e. The SMILES string of the molecule is CC(C)N(CCC(=O)O)C(=O)CC1CCSCC1. The Morgan fingerprint density at radius 3 is 2.44 bits per heavy atom. The van der Waals surface area contributed by atoms with Crippen LogP contribution in [0.2, 0.25) is 0 Å². The van der Waals surface area contributed by atoms with Gasteiger partial charge in [-0.15, -0.1) is 0 Å². The summed E-state index contributed by atoms with van der Waals surface area (Å²) in [5, 5.41) is 8.71. The van der Waals surface area contributed by atoms with Gasteiger partial charge in [-0.25, -0.2) is 0 Å². The normalized spacial score (nSPS) is 16.8. The van der Waals surface area contributed by atoms with Crippen molar-refractivity contribution in [1.29, 1.82) is 0 Å². The maximum atomic E-state index is 12.2. The molecule has 104 valence electrons. The van der Waals surface area contributed by atoms with Crippen molar-refractivity contribution in [2.45, 2.75) is 45.6 Å². The molecule has 0 atom stereocenters. The van der Waals surface area contributed by atoms with Crippen LogP contribution in [0.4, 0.5) is 0 Å². The molecular weight excluding hydrogens is 250 g/mol. The lowest BCUT2D eigenvalue weighted by Gasteiger charge is -2.29. The summed E-state index contributed by atoms with van der Waals surface area (Å²) in [6, 6.07) is 0.0785. The molecule has 1 rings (SSSR count). The first-order valence-corrected chi connectivity index (χ1v) is 7.75. The molecule has 0 spiro atoms. The van der Waals surface area contributed by atoms with E-state index in [4.69, 9.17) is 5.11 Å². The Kier molecular flexibility index (Phi) is 6.54. The Morgan fingerprint density at radius 1 is 1.33 bits per heavy atom. The minimum Gasteiger partial charge on any atom is -0.481 e. The van der Waals surface area contributed by atoms with Gasteiger partial charge in [-0.2, -0.15) is 11.8 Å². The predicted octanol–water partition coefficient (Wildman–Crippen LogP) is 2.23. The number of nitrogens with zero attached hydrogens (tertiary/aromatic N) is 1. The third-order valence-electron chi connectivity index (χ3n) is 3.31. The van der Waals surface area contributed by atoms with Gasteiger partial charge in [-0.1, -0.05) is 0 Å². The van der Waals surface area contributed by atoms with Crippen molar-refractivity contribution in [1.82, 2.24) is 4.90 Å². The molecule has 5 heteroatoms. The molecule has 0 aromatic heterocycles. The van der Waals surface area contributed by atoms with Gasteiger partial charge in [0, 0.05) is 19.0 Å². The van der Waals surface area contributed by atoms with Crippen LogP contribution < -0.4 is 0 Å². The topological polar surface area (TPSA) is 57.6 Å². The fourth-order valence-corrected chi connectivity index (χ4v) is 3.41. The number of aliphatic carboxylic acids is 1. The van der Waals surface area contributed by atoms with Crippen LogP contribution in [0.15, 0.2) is 0 Å². The summed E-state index contributed by atoms with van der Waals surface area (Å²) in [5.74, 6) is 2.05. The summed E-state index contributed by atoms with van der Waals surface area (Å²) in [6.45, 7) is 4.21. The van der Waals surface area contributed by atoms with Crippen LogP contribution in [0, 0.1) is 5.92 Å². The van der Waals surface area contributed by atoms with Gasteiger partial charge < -0.3 is 10.0 Å². The quantitative estimate of drug-likeness (QED) is 0.806. The van der Waals surface area contributed by atoms with E-state index in [2.05, 4.69) is 0 Å². The van der Waals surface area contributed by atoms with Crippen LogP contribution >= 0.6 is 11.8 Å². The summed E-state index contributed by atoms with van der Waals surface area (Å²) >= 11 is 1.95. The molecule has 1 saturated heterocycles. The lowest BCUT2D eigenvalue weighted by Crippen LogP contribution is -2.39. The number of thioether (sulfide) groups is 1. The second-order valence-electron chi connectivity index (χ2n) is 5.08. The first kappa shape index (κ1) is 15.3. The lowest BCUT2D eigenvalue weighted by molar-refractivity contribution is -0.139. The number of carboxylic acid groups (broad SMARTS) is 1. The molecule has 0 radical (unpaired) electrons. The summed E-state index contributed by atoms with van der Waals surface area (Å²) in [5.41, 5.74) is 0. The van der Waals surface area contributed by atoms with Crippen molar-refractivity contribution >= 4 is 23.6 Å². The van der Waals surface area contributed by atoms with Gasteiger partial charge in [0.15, 0.2) is 0 Å². The van der Waals surface area contributed by atoms with E-state index in [1.165, 1.54) is 0 Å². The van der Waals surface area contributed by atoms with Crippen LogP contribution in [0.5, 0.6) is 0 Å². The molecule has 0 unspecified atom stereocenters. The molecule has 0 bridgehead atoms. The standard InChI is InChI=1S/C13H23NO3S/c1-10(2)14(6-3-13(16)17)12(15)9-11-4-7-18-8-5-11/h10-11H,3-9H2,1-2H3,(H,16,17). The maximum Gasteiger partial charge on any atom is 0.305 e. The largest absolute Gasteiger partial charge is 0.481 e. The number of carboxylic acids is 1. The Bertz CT molecular complexity index is 288. The highest BCUT2D eigenvalue weighted by Gasteiger charge is 2.23. The summed E-state index contributed by atoms with van der Waals surface area (Å²) in [4.78, 5) is 24.5. The molecule has 0 aromatic carbocycles. The summed E-state index contributed by atoms with van der Waals surface area (Å²) in [6.07, 6.45) is 2.84. The Morgan fingerprint density at radius 2 is 1.94 bits per heavy atom. The van der Waals surface area contributed by atoms with E-state index in [1.54, 1.807) is 4.90 Å². The molecular formula is C13H23NO3S. The number of carbonyl (C=O) groups is 2. The molecule has 1 aliphatic heterocycles. The number of rotatable bonds is 6. The molecule has 1 amide bonds. The van der Waals surface area contributed by atoms with Crippen molar-refractivity contribution in [3.63, 3.8) is 0 Å². The Balaban J connectivity index is 2.45. The first-order chi connectivity index (χ1) is 8.50. The van der Waals surface area contributed by atoms with E-state index in [0.29, 0.717) is 18.9 Å². The summed E-state index contributed by atoms with van der Waals surface area (Å²) < 4.78 is 0. The fourth-order valence-electron chi connectivity index (χ4n) is 2.20. The molecule has 4 nitrogen and oxygen atoms in total. The van der Waals surface area contributed by atoms with E-state index in [9.17, 15) is 9.59 Å². The van der Waals surface area contributed by atoms with Crippen molar-refractivity contribution in [2.24, 2.45) is 5.92 Å². The number of carbonyl (C=O) groups excluding carboxylic acids is 1. The van der Waals surface area contributed by atoms with Gasteiger partial charge >= 0.3 is 5.97 Å². The van der Waals surface area contributed by atoms with Gasteiger partial charge in [0.1, 0.15) is 0 Å². The zero-order valence-corrected chi connectivity index (χ0v) is 12.0. The molecule has 0 aromatic rings. The highest BCUT2D eigenvalue weighted by atomic mass is 32.2. The van der Waals surface area contributed by atoms with Crippen LogP contribution in [-0.4, -0.2) is 46.0 Å². The number of hydrogen-bond donors (Lipinski definition) is 1. The van der Waals surface area contributed by atoms with Crippen molar-refractivity contribution < 1.29 is 14.7 Å². The molecule has 1 fully saturated rings. The zero-order valence-electron chi connectivity index (χ0n) is 11.2. The van der Waals surface area contributed by atoms with E-state index >= 15 is 0 Å². The third-order valence-corrected chi connectivity index (χ3v) is 4.36. The third kappa shape index (κ3) is 5.29. The monoisotopic (exact) mass is 273 g/mol. The molecule has 1 heterocycles. The van der Waals surface area contributed by atoms with Crippen molar-refractivity contribution in [2.75, 3.05) is 18.1 Å². The number of hydrogen-bond acceptors (Lipinski definition) is 3. The lowest BCUT2D eigenvalue weighted by atomic mass is 9.98. The van der Waals surface area contributed by atoms with E-state index in [-0.39, 0.29) is 18.4 Å². The molecule has 1 N–H and O–H groups in total. The second-order valence-corrected chi connectivity index (χ2v) is 6.31. The predicted molar refractivity (Wildman–Crippen MR) is 73.8 cm³/mol. The van der Waals surface area contributed by atoms with E-state index < -0.39 is 5.97 Å². The average molecular weight is 273 g/mol. The second kappa shape index (κ2) is 7.67. The zero-order chi connectivity index (χ0) is 13.5. The van der Waals surface area contributed by atoms with Gasteiger partial charge in [0.2, 0.25) is 5.91 Å². The first-order valence-electron chi connectivity index (χ1n) is 6.59. The minimum atomic E-state index is -0.845. The Hall–Kier alpha value is -0.710. The van der Waals surface area contributed by atoms with Crippen LogP contribution in [0.25, 0.3) is 0 Å². The van der Waals surface area contributed by atoms with Crippen molar-refractivity contribution in [3.05, 3.63) is 0 Å². The van der Waals surface area contributed by atoms with Crippen LogP contribution in [-0.2, 0) is 9.59 Å². The highest BCUT2D eigenvalue weighted by Crippen LogP contribution is 2.26. The van der Waals surface area contributed by atoms with E-state index in [0.717, 1.165) is 24.3 Å². The van der Waals surface area contributed by atoms with Gasteiger partial charge in [0.25, 0.3) is 0 Å². The molecule has 0 saturated carbocycles. The fraction of sp³-hybridized carbons (Fsp3) is 0.846. The number of amides is 1. The Labute approximate surface area is 113 Å². The highest BCUT2D eigenvalue weighted by molar-refractivity contribution is 7.99. The molecule has 0 aliphatic carbocycles. The molecule has 18 heavy (non-hydrogen) atoms. The van der Waals surface area contributed by atoms with E-state index in [1.807, 2.05) is 25.6 Å². The van der Waals surface area contributed by atoms with Crippen LogP contribution in [0.3, 0.4) is 0 Å². The molecule has 1 aliphatic rings. The minimum absolute atomic E-state index is 0.0322. The summed E-state index contributed by atoms with van der Waals surface area (Å²) in [7, 11) is 0. The van der Waals surface area contributed by atoms with Gasteiger partial charge in [0.05, 0.1) is 6.42 Å². The maximum absolute atomic E-state index is 12.2.